The number of ketones is 1. The molecule has 1 fully saturated rings. The first-order valence-electron chi connectivity index (χ1n) is 12.7. The minimum Gasteiger partial charge on any atom is -0.378 e. The average Bonchev–Trinajstić information content (AvgIpc) is 2.95. The highest BCUT2D eigenvalue weighted by Crippen LogP contribution is 2.30. The number of hydrogen-bond acceptors (Lipinski definition) is 5. The molecule has 0 bridgehead atoms. The summed E-state index contributed by atoms with van der Waals surface area (Å²) >= 11 is 12.0. The zero-order valence-electron chi connectivity index (χ0n) is 21.4. The number of hydrogen-bond donors (Lipinski definition) is 1. The van der Waals surface area contributed by atoms with Crippen molar-refractivity contribution in [3.05, 3.63) is 106 Å². The Balaban J connectivity index is 1.38. The molecule has 40 heavy (non-hydrogen) atoms. The second-order valence-corrected chi connectivity index (χ2v) is 12.0. The molecule has 0 saturated carbocycles. The molecule has 0 unspecified atom stereocenters. The Morgan fingerprint density at radius 2 is 1.48 bits per heavy atom. The number of anilines is 1. The predicted molar refractivity (Wildman–Crippen MR) is 157 cm³/mol. The van der Waals surface area contributed by atoms with Crippen molar-refractivity contribution in [1.29, 1.82) is 0 Å². The summed E-state index contributed by atoms with van der Waals surface area (Å²) in [6, 6.07) is 21.8. The van der Waals surface area contributed by atoms with E-state index in [0.717, 1.165) is 5.56 Å². The summed E-state index contributed by atoms with van der Waals surface area (Å²) in [5, 5.41) is 1.60. The molecule has 0 spiro atoms. The number of rotatable bonds is 8. The molecule has 1 saturated heterocycles. The molecule has 5 rings (SSSR count). The van der Waals surface area contributed by atoms with Gasteiger partial charge in [0.25, 0.3) is 15.9 Å². The number of carbonyl (C=O) groups excluding carboxylic acids is 2. The Bertz CT molecular complexity index is 1680. The van der Waals surface area contributed by atoms with E-state index in [1.807, 2.05) is 18.2 Å². The van der Waals surface area contributed by atoms with Crippen LogP contribution in [0.25, 0.3) is 10.8 Å². The van der Waals surface area contributed by atoms with Gasteiger partial charge in [-0.25, -0.2) is 8.42 Å². The van der Waals surface area contributed by atoms with E-state index in [1.165, 1.54) is 18.2 Å². The predicted octanol–water partition coefficient (Wildman–Crippen LogP) is 6.24. The highest BCUT2D eigenvalue weighted by atomic mass is 35.5. The number of nitrogens with zero attached hydrogens (tertiary/aromatic N) is 1. The molecule has 1 aliphatic heterocycles. The molecule has 7 nitrogen and oxygen atoms in total. The zero-order valence-corrected chi connectivity index (χ0v) is 23.7. The third-order valence-electron chi connectivity index (χ3n) is 6.78. The van der Waals surface area contributed by atoms with Gasteiger partial charge in [0.2, 0.25) is 0 Å². The normalized spacial score (nSPS) is 13.8. The van der Waals surface area contributed by atoms with Gasteiger partial charge in [-0.1, -0.05) is 71.7 Å². The molecule has 0 radical (unpaired) electrons. The lowest BCUT2D eigenvalue weighted by Crippen LogP contribution is -2.41. The number of carbonyl (C=O) groups is 2. The molecule has 206 valence electrons. The van der Waals surface area contributed by atoms with Gasteiger partial charge in [-0.15, -0.1) is 0 Å². The van der Waals surface area contributed by atoms with E-state index in [0.29, 0.717) is 60.3 Å². The van der Waals surface area contributed by atoms with Crippen LogP contribution >= 0.6 is 23.2 Å². The van der Waals surface area contributed by atoms with E-state index in [4.69, 9.17) is 27.9 Å². The van der Waals surface area contributed by atoms with E-state index in [1.54, 1.807) is 47.4 Å². The van der Waals surface area contributed by atoms with E-state index in [-0.39, 0.29) is 33.1 Å². The highest BCUT2D eigenvalue weighted by molar-refractivity contribution is 7.92. The van der Waals surface area contributed by atoms with E-state index in [9.17, 15) is 18.0 Å². The second-order valence-electron chi connectivity index (χ2n) is 9.40. The third-order valence-corrected chi connectivity index (χ3v) is 8.56. The summed E-state index contributed by atoms with van der Waals surface area (Å²) < 4.78 is 34.2. The molecule has 1 aliphatic rings. The summed E-state index contributed by atoms with van der Waals surface area (Å²) in [7, 11) is -4.00. The van der Waals surface area contributed by atoms with Crippen molar-refractivity contribution in [3.8, 4) is 0 Å². The zero-order chi connectivity index (χ0) is 28.3. The Labute approximate surface area is 242 Å². The van der Waals surface area contributed by atoms with Gasteiger partial charge < -0.3 is 9.64 Å². The molecule has 1 amide bonds. The fourth-order valence-electron chi connectivity index (χ4n) is 4.80. The molecule has 10 heteroatoms. The summed E-state index contributed by atoms with van der Waals surface area (Å²) in [6.07, 6.45) is 0.576. The third kappa shape index (κ3) is 6.15. The average molecular weight is 598 g/mol. The summed E-state index contributed by atoms with van der Waals surface area (Å²) in [5.74, 6) is -0.171. The van der Waals surface area contributed by atoms with Crippen LogP contribution in [-0.2, 0) is 21.2 Å². The maximum absolute atomic E-state index is 13.4. The number of sulfonamides is 1. The van der Waals surface area contributed by atoms with Crippen LogP contribution in [0.5, 0.6) is 0 Å². The Kier molecular flexibility index (Phi) is 8.42. The minimum absolute atomic E-state index is 0.0607. The topological polar surface area (TPSA) is 92.8 Å². The Morgan fingerprint density at radius 3 is 2.23 bits per heavy atom. The van der Waals surface area contributed by atoms with Crippen molar-refractivity contribution in [2.75, 3.05) is 31.0 Å². The van der Waals surface area contributed by atoms with Gasteiger partial charge in [0.15, 0.2) is 5.78 Å². The van der Waals surface area contributed by atoms with Gasteiger partial charge in [-0.3, -0.25) is 14.3 Å². The van der Waals surface area contributed by atoms with Crippen LogP contribution in [-0.4, -0.2) is 51.3 Å². The lowest BCUT2D eigenvalue weighted by molar-refractivity contribution is 0.0302. The van der Waals surface area contributed by atoms with Crippen LogP contribution in [0.1, 0.15) is 32.7 Å². The number of Topliss-reactive ketones (excluding diaryl/α,β-unsaturated/α-hetero) is 1. The molecule has 4 aromatic carbocycles. The second kappa shape index (κ2) is 12.0. The molecule has 4 aromatic rings. The first-order chi connectivity index (χ1) is 19.2. The van der Waals surface area contributed by atoms with Crippen LogP contribution in [0, 0.1) is 0 Å². The van der Waals surface area contributed by atoms with Gasteiger partial charge in [0.1, 0.15) is 0 Å². The summed E-state index contributed by atoms with van der Waals surface area (Å²) in [5.41, 5.74) is 2.19. The van der Waals surface area contributed by atoms with Crippen molar-refractivity contribution < 1.29 is 22.7 Å². The lowest BCUT2D eigenvalue weighted by Gasteiger charge is -2.27. The van der Waals surface area contributed by atoms with Gasteiger partial charge >= 0.3 is 0 Å². The molecule has 0 aromatic heterocycles. The molecule has 0 atom stereocenters. The number of benzene rings is 4. The van der Waals surface area contributed by atoms with Crippen LogP contribution in [0.15, 0.2) is 83.8 Å². The molecule has 0 aliphatic carbocycles. The number of amides is 1. The Hall–Kier alpha value is -3.43. The SMILES string of the molecule is O=C(CCc1ccccc1C(=O)N1CCOCC1)c1cccc2c(NS(=O)(=O)c3cc(Cl)cc(Cl)c3)cccc12. The first kappa shape index (κ1) is 28.1. The number of aryl methyl sites for hydroxylation is 1. The van der Waals surface area contributed by atoms with Crippen molar-refractivity contribution in [1.82, 2.24) is 4.90 Å². The summed E-state index contributed by atoms with van der Waals surface area (Å²) in [6.45, 7) is 2.11. The van der Waals surface area contributed by atoms with Gasteiger partial charge in [-0.05, 0) is 47.7 Å². The Morgan fingerprint density at radius 1 is 0.825 bits per heavy atom. The van der Waals surface area contributed by atoms with E-state index < -0.39 is 10.0 Å². The van der Waals surface area contributed by atoms with Gasteiger partial charge in [0, 0.05) is 46.1 Å². The van der Waals surface area contributed by atoms with Gasteiger partial charge in [0.05, 0.1) is 23.8 Å². The van der Waals surface area contributed by atoms with Gasteiger partial charge in [-0.2, -0.15) is 0 Å². The maximum Gasteiger partial charge on any atom is 0.262 e. The summed E-state index contributed by atoms with van der Waals surface area (Å²) in [4.78, 5) is 28.2. The molecule has 1 N–H and O–H groups in total. The molecular weight excluding hydrogens is 571 g/mol. The monoisotopic (exact) mass is 596 g/mol. The van der Waals surface area contributed by atoms with Crippen molar-refractivity contribution in [2.24, 2.45) is 0 Å². The fourth-order valence-corrected chi connectivity index (χ4v) is 6.60. The standard InChI is InChI=1S/C30H26Cl2N2O5S/c31-21-17-22(32)19-23(18-21)40(37,38)33-28-10-4-7-25-26(28)8-3-9-27(25)29(35)12-11-20-5-1-2-6-24(20)30(36)34-13-15-39-16-14-34/h1-10,17-19,33H,11-16H2. The molecular formula is C30H26Cl2N2O5S. The number of nitrogens with one attached hydrogen (secondary N) is 1. The van der Waals surface area contributed by atoms with Crippen molar-refractivity contribution >= 4 is 61.4 Å². The van der Waals surface area contributed by atoms with Crippen LogP contribution in [0.2, 0.25) is 10.0 Å². The highest BCUT2D eigenvalue weighted by Gasteiger charge is 2.22. The van der Waals surface area contributed by atoms with Crippen LogP contribution in [0.4, 0.5) is 5.69 Å². The van der Waals surface area contributed by atoms with Crippen LogP contribution in [0.3, 0.4) is 0 Å². The molecule has 1 heterocycles. The minimum atomic E-state index is -4.00. The fraction of sp³-hybridized carbons (Fsp3) is 0.200. The first-order valence-corrected chi connectivity index (χ1v) is 15.0. The van der Waals surface area contributed by atoms with Crippen molar-refractivity contribution in [3.63, 3.8) is 0 Å². The lowest BCUT2D eigenvalue weighted by atomic mass is 9.95. The largest absolute Gasteiger partial charge is 0.378 e. The van der Waals surface area contributed by atoms with Crippen molar-refractivity contribution in [2.45, 2.75) is 17.7 Å². The number of fused-ring (bicyclic) bond motifs is 1. The van der Waals surface area contributed by atoms with E-state index >= 15 is 0 Å². The number of halogens is 2. The number of morpholine rings is 1. The number of ether oxygens (including phenoxy) is 1. The van der Waals surface area contributed by atoms with E-state index in [2.05, 4.69) is 4.72 Å². The smallest absolute Gasteiger partial charge is 0.262 e. The quantitative estimate of drug-likeness (QED) is 0.243. The van der Waals surface area contributed by atoms with Crippen LogP contribution < -0.4 is 4.72 Å². The maximum atomic E-state index is 13.4.